The highest BCUT2D eigenvalue weighted by Crippen LogP contribution is 2.60. The lowest BCUT2D eigenvalue weighted by atomic mass is 9.83. The van der Waals surface area contributed by atoms with Crippen molar-refractivity contribution in [1.29, 1.82) is 0 Å². The fourth-order valence-electron chi connectivity index (χ4n) is 1.80. The third-order valence-corrected chi connectivity index (χ3v) is 3.30. The van der Waals surface area contributed by atoms with Crippen LogP contribution >= 0.6 is 0 Å². The quantitative estimate of drug-likeness (QED) is 0.605. The van der Waals surface area contributed by atoms with Gasteiger partial charge in [0.1, 0.15) is 0 Å². The Morgan fingerprint density at radius 2 is 2.09 bits per heavy atom. The van der Waals surface area contributed by atoms with Gasteiger partial charge in [0.05, 0.1) is 0 Å². The lowest BCUT2D eigenvalue weighted by molar-refractivity contribution is 0.304. The van der Waals surface area contributed by atoms with E-state index in [4.69, 9.17) is 5.73 Å². The topological polar surface area (TPSA) is 26.0 Å². The molecule has 0 bridgehead atoms. The maximum Gasteiger partial charge on any atom is 0.0157 e. The lowest BCUT2D eigenvalue weighted by Gasteiger charge is -2.28. The zero-order valence-electron chi connectivity index (χ0n) is 8.07. The maximum absolute atomic E-state index is 6.06. The van der Waals surface area contributed by atoms with Crippen molar-refractivity contribution in [3.63, 3.8) is 0 Å². The predicted octanol–water partition coefficient (Wildman–Crippen LogP) is 2.33. The fourth-order valence-corrected chi connectivity index (χ4v) is 1.80. The first-order chi connectivity index (χ1) is 4.79. The molecule has 1 aliphatic carbocycles. The first kappa shape index (κ1) is 8.79. The summed E-state index contributed by atoms with van der Waals surface area (Å²) < 4.78 is 0. The summed E-state index contributed by atoms with van der Waals surface area (Å²) in [6.45, 7) is 12.5. The highest BCUT2D eigenvalue weighted by Gasteiger charge is 2.57. The first-order valence-electron chi connectivity index (χ1n) is 4.23. The smallest absolute Gasteiger partial charge is 0.0157 e. The van der Waals surface area contributed by atoms with Gasteiger partial charge in [0.25, 0.3) is 0 Å². The second-order valence-electron chi connectivity index (χ2n) is 4.74. The van der Waals surface area contributed by atoms with E-state index in [0.29, 0.717) is 11.3 Å². The van der Waals surface area contributed by atoms with E-state index in [-0.39, 0.29) is 5.54 Å². The summed E-state index contributed by atoms with van der Waals surface area (Å²) >= 11 is 0. The molecule has 0 saturated heterocycles. The molecule has 0 amide bonds. The molecule has 0 aromatic carbocycles. The van der Waals surface area contributed by atoms with Crippen LogP contribution in [0.4, 0.5) is 0 Å². The van der Waals surface area contributed by atoms with Gasteiger partial charge in [-0.25, -0.2) is 0 Å². The van der Waals surface area contributed by atoms with E-state index < -0.39 is 0 Å². The molecule has 0 spiro atoms. The van der Waals surface area contributed by atoms with Crippen molar-refractivity contribution in [3.05, 3.63) is 12.2 Å². The molecule has 0 radical (unpaired) electrons. The number of nitrogens with two attached hydrogens (primary N) is 1. The average Bonchev–Trinajstić information content (AvgIpc) is 2.40. The van der Waals surface area contributed by atoms with Crippen LogP contribution in [-0.4, -0.2) is 5.54 Å². The average molecular weight is 153 g/mol. The minimum absolute atomic E-state index is 0.0589. The molecule has 0 aromatic heterocycles. The van der Waals surface area contributed by atoms with Crippen molar-refractivity contribution < 1.29 is 0 Å². The van der Waals surface area contributed by atoms with Crippen LogP contribution in [0.3, 0.4) is 0 Å². The number of allylic oxidation sites excluding steroid dienone is 1. The first-order valence-corrected chi connectivity index (χ1v) is 4.23. The molecular formula is C10H19N. The Balaban J connectivity index is 2.70. The van der Waals surface area contributed by atoms with Gasteiger partial charge in [-0.3, -0.25) is 0 Å². The van der Waals surface area contributed by atoms with Crippen molar-refractivity contribution in [3.8, 4) is 0 Å². The summed E-state index contributed by atoms with van der Waals surface area (Å²) in [4.78, 5) is 0. The minimum atomic E-state index is -0.0589. The fraction of sp³-hybridized carbons (Fsp3) is 0.800. The van der Waals surface area contributed by atoms with Gasteiger partial charge < -0.3 is 5.73 Å². The predicted molar refractivity (Wildman–Crippen MR) is 49.3 cm³/mol. The highest BCUT2D eigenvalue weighted by atomic mass is 14.8. The zero-order valence-corrected chi connectivity index (χ0v) is 8.07. The number of hydrogen-bond acceptors (Lipinski definition) is 1. The van der Waals surface area contributed by atoms with Gasteiger partial charge in [0, 0.05) is 5.54 Å². The summed E-state index contributed by atoms with van der Waals surface area (Å²) in [6.07, 6.45) is 1.21. The van der Waals surface area contributed by atoms with E-state index in [0.717, 1.165) is 0 Å². The van der Waals surface area contributed by atoms with Gasteiger partial charge >= 0.3 is 0 Å². The molecule has 1 heteroatoms. The molecular weight excluding hydrogens is 134 g/mol. The van der Waals surface area contributed by atoms with Gasteiger partial charge in [-0.05, 0) is 38.5 Å². The zero-order chi connectivity index (χ0) is 8.86. The molecule has 2 unspecified atom stereocenters. The van der Waals surface area contributed by atoms with Crippen LogP contribution in [-0.2, 0) is 0 Å². The Bertz CT molecular complexity index is 188. The van der Waals surface area contributed by atoms with Crippen molar-refractivity contribution >= 4 is 0 Å². The molecule has 11 heavy (non-hydrogen) atoms. The maximum atomic E-state index is 6.06. The van der Waals surface area contributed by atoms with Gasteiger partial charge in [-0.15, -0.1) is 0 Å². The minimum Gasteiger partial charge on any atom is -0.325 e. The number of rotatable bonds is 2. The van der Waals surface area contributed by atoms with Gasteiger partial charge in [0.15, 0.2) is 0 Å². The van der Waals surface area contributed by atoms with Crippen LogP contribution < -0.4 is 5.73 Å². The van der Waals surface area contributed by atoms with E-state index in [9.17, 15) is 0 Å². The van der Waals surface area contributed by atoms with Gasteiger partial charge in [-0.2, -0.15) is 0 Å². The Labute approximate surface area is 69.7 Å². The van der Waals surface area contributed by atoms with Crippen LogP contribution in [0.25, 0.3) is 0 Å². The second kappa shape index (κ2) is 2.10. The normalized spacial score (nSPS) is 37.0. The van der Waals surface area contributed by atoms with E-state index in [1.54, 1.807) is 0 Å². The molecule has 1 saturated carbocycles. The highest BCUT2D eigenvalue weighted by molar-refractivity contribution is 5.21. The van der Waals surface area contributed by atoms with E-state index >= 15 is 0 Å². The summed E-state index contributed by atoms with van der Waals surface area (Å²) in [5.74, 6) is 0.655. The lowest BCUT2D eigenvalue weighted by Crippen LogP contribution is -2.42. The molecule has 1 aliphatic rings. The molecule has 1 nitrogen and oxygen atoms in total. The van der Waals surface area contributed by atoms with Crippen molar-refractivity contribution in [2.24, 2.45) is 17.1 Å². The van der Waals surface area contributed by atoms with Crippen LogP contribution in [0, 0.1) is 11.3 Å². The molecule has 0 aliphatic heterocycles. The largest absolute Gasteiger partial charge is 0.325 e. The van der Waals surface area contributed by atoms with Gasteiger partial charge in [0.2, 0.25) is 0 Å². The summed E-state index contributed by atoms with van der Waals surface area (Å²) in [6, 6.07) is 0. The van der Waals surface area contributed by atoms with E-state index in [1.807, 2.05) is 0 Å². The van der Waals surface area contributed by atoms with Crippen LogP contribution in [0.1, 0.15) is 34.1 Å². The SMILES string of the molecule is C=C(C)C1CC1(C)C(C)(C)N. The summed E-state index contributed by atoms with van der Waals surface area (Å²) in [5.41, 5.74) is 7.59. The third-order valence-electron chi connectivity index (χ3n) is 3.30. The van der Waals surface area contributed by atoms with Crippen molar-refractivity contribution in [2.45, 2.75) is 39.7 Å². The van der Waals surface area contributed by atoms with Crippen LogP contribution in [0.2, 0.25) is 0 Å². The number of hydrogen-bond donors (Lipinski definition) is 1. The standard InChI is InChI=1S/C10H19N/c1-7(2)8-6-10(8,5)9(3,4)11/h8H,1,6,11H2,2-5H3. The summed E-state index contributed by atoms with van der Waals surface area (Å²) in [5, 5.41) is 0. The molecule has 0 heterocycles. The van der Waals surface area contributed by atoms with Crippen LogP contribution in [0.5, 0.6) is 0 Å². The van der Waals surface area contributed by atoms with Gasteiger partial charge in [-0.1, -0.05) is 19.1 Å². The molecule has 1 rings (SSSR count). The third kappa shape index (κ3) is 1.22. The Morgan fingerprint density at radius 3 is 2.18 bits per heavy atom. The Hall–Kier alpha value is -0.300. The molecule has 2 atom stereocenters. The molecule has 2 N–H and O–H groups in total. The second-order valence-corrected chi connectivity index (χ2v) is 4.74. The Morgan fingerprint density at radius 1 is 1.64 bits per heavy atom. The Kier molecular flexibility index (Phi) is 1.68. The van der Waals surface area contributed by atoms with Crippen LogP contribution in [0.15, 0.2) is 12.2 Å². The van der Waals surface area contributed by atoms with E-state index in [1.165, 1.54) is 12.0 Å². The van der Waals surface area contributed by atoms with Crippen molar-refractivity contribution in [2.75, 3.05) is 0 Å². The van der Waals surface area contributed by atoms with Crippen molar-refractivity contribution in [1.82, 2.24) is 0 Å². The monoisotopic (exact) mass is 153 g/mol. The summed E-state index contributed by atoms with van der Waals surface area (Å²) in [7, 11) is 0. The molecule has 0 aromatic rings. The molecule has 1 fully saturated rings. The van der Waals surface area contributed by atoms with E-state index in [2.05, 4.69) is 34.3 Å². The molecule has 64 valence electrons.